The highest BCUT2D eigenvalue weighted by atomic mass is 32.1. The molecule has 0 fully saturated rings. The quantitative estimate of drug-likeness (QED) is 0.546. The topological polar surface area (TPSA) is 70.5 Å². The zero-order valence-electron chi connectivity index (χ0n) is 18.3. The third kappa shape index (κ3) is 3.65. The van der Waals surface area contributed by atoms with E-state index in [1.807, 2.05) is 43.3 Å². The molecule has 4 rings (SSSR count). The van der Waals surface area contributed by atoms with E-state index in [1.54, 1.807) is 13.8 Å². The Labute approximate surface area is 186 Å². The lowest BCUT2D eigenvalue weighted by Crippen LogP contribution is -2.31. The predicted molar refractivity (Wildman–Crippen MR) is 125 cm³/mol. The average Bonchev–Trinajstić information content (AvgIpc) is 3.25. The Morgan fingerprint density at radius 2 is 1.87 bits per heavy atom. The number of nitrogens with zero attached hydrogens (tertiary/aromatic N) is 2. The van der Waals surface area contributed by atoms with Crippen LogP contribution >= 0.6 is 11.3 Å². The molecule has 1 atom stereocenters. The second kappa shape index (κ2) is 7.93. The Kier molecular flexibility index (Phi) is 5.43. The van der Waals surface area contributed by atoms with Gasteiger partial charge in [-0.2, -0.15) is 0 Å². The number of aryl methyl sites for hydroxylation is 1. The van der Waals surface area contributed by atoms with Crippen molar-refractivity contribution in [1.29, 1.82) is 0 Å². The van der Waals surface area contributed by atoms with Crippen molar-refractivity contribution in [2.45, 2.75) is 46.6 Å². The highest BCUT2D eigenvalue weighted by molar-refractivity contribution is 7.22. The summed E-state index contributed by atoms with van der Waals surface area (Å²) >= 11 is 1.40. The van der Waals surface area contributed by atoms with Crippen LogP contribution in [0.5, 0.6) is 0 Å². The third-order valence-electron chi connectivity index (χ3n) is 5.63. The van der Waals surface area contributed by atoms with Crippen molar-refractivity contribution in [3.63, 3.8) is 0 Å². The number of carbonyl (C=O) groups is 2. The summed E-state index contributed by atoms with van der Waals surface area (Å²) in [5, 5.41) is 11.2. The highest BCUT2D eigenvalue weighted by Crippen LogP contribution is 2.44. The summed E-state index contributed by atoms with van der Waals surface area (Å²) in [7, 11) is 0. The number of fused-ring (bicyclic) bond motifs is 1. The fraction of sp³-hybridized carbons (Fsp3) is 0.320. The van der Waals surface area contributed by atoms with Gasteiger partial charge in [-0.15, -0.1) is 0 Å². The number of anilines is 1. The fourth-order valence-corrected chi connectivity index (χ4v) is 4.95. The lowest BCUT2D eigenvalue weighted by atomic mass is 9.91. The van der Waals surface area contributed by atoms with E-state index < -0.39 is 17.7 Å². The summed E-state index contributed by atoms with van der Waals surface area (Å²) in [4.78, 5) is 32.4. The molecule has 160 valence electrons. The standard InChI is InChI=1S/C25H26N2O3S/c1-13(2)16-9-10-18-19(12-16)31-25(26-18)27-21(17-8-6-7-15(5)11-17)20(22(28)14(3)4)23(29)24(27)30/h6-14,21,29H,1-5H3. The maximum atomic E-state index is 13.2. The van der Waals surface area contributed by atoms with Crippen LogP contribution in [0.25, 0.3) is 10.2 Å². The number of Topliss-reactive ketones (excluding diaryl/α,β-unsaturated/α-hetero) is 1. The van der Waals surface area contributed by atoms with Crippen molar-refractivity contribution in [3.05, 3.63) is 70.5 Å². The van der Waals surface area contributed by atoms with Crippen LogP contribution in [0.4, 0.5) is 5.13 Å². The van der Waals surface area contributed by atoms with E-state index in [-0.39, 0.29) is 17.3 Å². The normalized spacial score (nSPS) is 16.9. The molecule has 0 aliphatic carbocycles. The fourth-order valence-electron chi connectivity index (χ4n) is 3.91. The Hall–Kier alpha value is -2.99. The number of aliphatic hydroxyl groups excluding tert-OH is 1. The van der Waals surface area contributed by atoms with Gasteiger partial charge >= 0.3 is 0 Å². The molecule has 1 unspecified atom stereocenters. The maximum Gasteiger partial charge on any atom is 0.296 e. The van der Waals surface area contributed by atoms with Gasteiger partial charge in [-0.3, -0.25) is 14.5 Å². The van der Waals surface area contributed by atoms with E-state index in [4.69, 9.17) is 4.98 Å². The van der Waals surface area contributed by atoms with Crippen LogP contribution in [0.2, 0.25) is 0 Å². The van der Waals surface area contributed by atoms with Gasteiger partial charge in [0.25, 0.3) is 5.91 Å². The van der Waals surface area contributed by atoms with Gasteiger partial charge in [-0.1, -0.05) is 74.9 Å². The van der Waals surface area contributed by atoms with E-state index in [9.17, 15) is 14.7 Å². The van der Waals surface area contributed by atoms with Gasteiger partial charge in [0, 0.05) is 5.92 Å². The highest BCUT2D eigenvalue weighted by Gasteiger charge is 2.46. The van der Waals surface area contributed by atoms with E-state index in [0.717, 1.165) is 21.3 Å². The third-order valence-corrected chi connectivity index (χ3v) is 6.65. The van der Waals surface area contributed by atoms with Gasteiger partial charge < -0.3 is 5.11 Å². The summed E-state index contributed by atoms with van der Waals surface area (Å²) in [5.74, 6) is -1.26. The van der Waals surface area contributed by atoms with Crippen LogP contribution in [-0.4, -0.2) is 21.8 Å². The first kappa shape index (κ1) is 21.2. The first-order chi connectivity index (χ1) is 14.7. The summed E-state index contributed by atoms with van der Waals surface area (Å²) in [6, 6.07) is 13.1. The van der Waals surface area contributed by atoms with Crippen molar-refractivity contribution in [2.24, 2.45) is 5.92 Å². The van der Waals surface area contributed by atoms with Crippen molar-refractivity contribution in [3.8, 4) is 0 Å². The van der Waals surface area contributed by atoms with Gasteiger partial charge in [0.05, 0.1) is 21.8 Å². The zero-order valence-corrected chi connectivity index (χ0v) is 19.2. The zero-order chi connectivity index (χ0) is 22.4. The first-order valence-corrected chi connectivity index (χ1v) is 11.3. The molecule has 0 saturated carbocycles. The van der Waals surface area contributed by atoms with E-state index in [0.29, 0.717) is 11.0 Å². The van der Waals surface area contributed by atoms with E-state index in [2.05, 4.69) is 19.9 Å². The van der Waals surface area contributed by atoms with Gasteiger partial charge in [-0.05, 0) is 36.1 Å². The maximum absolute atomic E-state index is 13.2. The number of aliphatic hydroxyl groups is 1. The number of rotatable bonds is 5. The minimum atomic E-state index is -0.701. The lowest BCUT2D eigenvalue weighted by Gasteiger charge is -2.25. The SMILES string of the molecule is Cc1cccc(C2C(C(=O)C(C)C)=C(O)C(=O)N2c2nc3ccc(C(C)C)cc3s2)c1. The van der Waals surface area contributed by atoms with Gasteiger partial charge in [0.1, 0.15) is 0 Å². The molecule has 31 heavy (non-hydrogen) atoms. The number of carbonyl (C=O) groups excluding carboxylic acids is 2. The molecule has 0 radical (unpaired) electrons. The molecular formula is C25H26N2O3S. The molecule has 0 bridgehead atoms. The number of aromatic nitrogens is 1. The molecule has 2 heterocycles. The number of thiazole rings is 1. The molecule has 0 spiro atoms. The first-order valence-electron chi connectivity index (χ1n) is 10.5. The molecule has 1 aromatic heterocycles. The molecular weight excluding hydrogens is 408 g/mol. The van der Waals surface area contributed by atoms with Crippen LogP contribution in [0, 0.1) is 12.8 Å². The van der Waals surface area contributed by atoms with Gasteiger partial charge in [0.2, 0.25) is 0 Å². The Morgan fingerprint density at radius 3 is 2.52 bits per heavy atom. The minimum Gasteiger partial charge on any atom is -0.503 e. The summed E-state index contributed by atoms with van der Waals surface area (Å²) in [6.07, 6.45) is 0. The summed E-state index contributed by atoms with van der Waals surface area (Å²) < 4.78 is 0.972. The monoisotopic (exact) mass is 434 g/mol. The van der Waals surface area contributed by atoms with Crippen molar-refractivity contribution < 1.29 is 14.7 Å². The van der Waals surface area contributed by atoms with Crippen molar-refractivity contribution in [2.75, 3.05) is 4.90 Å². The average molecular weight is 435 g/mol. The molecule has 1 amide bonds. The van der Waals surface area contributed by atoms with Crippen LogP contribution in [0.15, 0.2) is 53.8 Å². The smallest absolute Gasteiger partial charge is 0.296 e. The molecule has 1 aliphatic rings. The number of ketones is 1. The number of benzene rings is 2. The Morgan fingerprint density at radius 1 is 1.13 bits per heavy atom. The molecule has 5 nitrogen and oxygen atoms in total. The largest absolute Gasteiger partial charge is 0.503 e. The molecule has 1 aliphatic heterocycles. The van der Waals surface area contributed by atoms with Crippen molar-refractivity contribution in [1.82, 2.24) is 4.98 Å². The Bertz CT molecular complexity index is 1220. The lowest BCUT2D eigenvalue weighted by molar-refractivity contribution is -0.119. The number of amides is 1. The van der Waals surface area contributed by atoms with Crippen LogP contribution in [0.1, 0.15) is 56.3 Å². The van der Waals surface area contributed by atoms with Crippen molar-refractivity contribution >= 4 is 38.4 Å². The minimum absolute atomic E-state index is 0.146. The molecule has 0 saturated heterocycles. The molecule has 2 aromatic carbocycles. The number of hydrogen-bond donors (Lipinski definition) is 1. The van der Waals surface area contributed by atoms with Crippen LogP contribution in [0.3, 0.4) is 0 Å². The Balaban J connectivity index is 1.88. The van der Waals surface area contributed by atoms with Gasteiger partial charge in [0.15, 0.2) is 16.7 Å². The molecule has 3 aromatic rings. The van der Waals surface area contributed by atoms with Gasteiger partial charge in [-0.25, -0.2) is 4.98 Å². The van der Waals surface area contributed by atoms with E-state index in [1.165, 1.54) is 21.8 Å². The number of hydrogen-bond acceptors (Lipinski definition) is 5. The second-order valence-electron chi connectivity index (χ2n) is 8.65. The van der Waals surface area contributed by atoms with Crippen LogP contribution in [-0.2, 0) is 9.59 Å². The summed E-state index contributed by atoms with van der Waals surface area (Å²) in [6.45, 7) is 9.77. The second-order valence-corrected chi connectivity index (χ2v) is 9.66. The van der Waals surface area contributed by atoms with E-state index >= 15 is 0 Å². The molecule has 6 heteroatoms. The van der Waals surface area contributed by atoms with Crippen LogP contribution < -0.4 is 4.90 Å². The summed E-state index contributed by atoms with van der Waals surface area (Å²) in [5.41, 5.74) is 3.93. The molecule has 1 N–H and O–H groups in total. The predicted octanol–water partition coefficient (Wildman–Crippen LogP) is 5.85.